The predicted octanol–water partition coefficient (Wildman–Crippen LogP) is 4.69. The second-order valence-electron chi connectivity index (χ2n) is 6.56. The van der Waals surface area contributed by atoms with E-state index in [1.165, 1.54) is 0 Å². The lowest BCUT2D eigenvalue weighted by molar-refractivity contribution is 0.171. The highest BCUT2D eigenvalue weighted by molar-refractivity contribution is 9.10. The molecular weight excluding hydrogens is 438 g/mol. The number of benzene rings is 2. The summed E-state index contributed by atoms with van der Waals surface area (Å²) < 4.78 is 29.0. The van der Waals surface area contributed by atoms with E-state index in [1.807, 2.05) is 42.5 Å². The molecule has 0 radical (unpaired) electrons. The average Bonchev–Trinajstić information content (AvgIpc) is 3.26. The molecule has 0 aliphatic carbocycles. The van der Waals surface area contributed by atoms with Gasteiger partial charge in [-0.25, -0.2) is 0 Å². The third-order valence-electron chi connectivity index (χ3n) is 4.49. The monoisotopic (exact) mass is 459 g/mol. The fourth-order valence-electron chi connectivity index (χ4n) is 3.09. The molecule has 2 aromatic carbocycles. The standard InChI is InChI=1S/C22H22BrNO5/c1-25-21-11-16(12-24-13-17-3-2-6-26-17)9-18(23)22(21)29-14-15-4-5-19-20(10-15)28-8-7-27-19/h2-6,9-11,24H,7-8,12-14H2,1H3. The Morgan fingerprint density at radius 3 is 2.66 bits per heavy atom. The third-order valence-corrected chi connectivity index (χ3v) is 5.08. The predicted molar refractivity (Wildman–Crippen MR) is 112 cm³/mol. The molecule has 0 fully saturated rings. The van der Waals surface area contributed by atoms with Gasteiger partial charge in [0.25, 0.3) is 0 Å². The van der Waals surface area contributed by atoms with Gasteiger partial charge >= 0.3 is 0 Å². The van der Waals surface area contributed by atoms with E-state index in [0.29, 0.717) is 44.4 Å². The molecule has 7 heteroatoms. The van der Waals surface area contributed by atoms with Crippen LogP contribution in [0.4, 0.5) is 0 Å². The largest absolute Gasteiger partial charge is 0.493 e. The first-order valence-electron chi connectivity index (χ1n) is 9.34. The van der Waals surface area contributed by atoms with Gasteiger partial charge in [0.15, 0.2) is 23.0 Å². The lowest BCUT2D eigenvalue weighted by Gasteiger charge is -2.19. The highest BCUT2D eigenvalue weighted by Crippen LogP contribution is 2.38. The molecule has 1 aromatic heterocycles. The van der Waals surface area contributed by atoms with Crippen molar-refractivity contribution in [3.8, 4) is 23.0 Å². The van der Waals surface area contributed by atoms with Crippen LogP contribution in [0.25, 0.3) is 0 Å². The SMILES string of the molecule is COc1cc(CNCc2ccco2)cc(Br)c1OCc1ccc2c(c1)OCCO2. The fourth-order valence-corrected chi connectivity index (χ4v) is 3.70. The van der Waals surface area contributed by atoms with Gasteiger partial charge in [-0.3, -0.25) is 0 Å². The van der Waals surface area contributed by atoms with Gasteiger partial charge in [-0.2, -0.15) is 0 Å². The number of ether oxygens (including phenoxy) is 4. The van der Waals surface area contributed by atoms with Crippen LogP contribution >= 0.6 is 15.9 Å². The van der Waals surface area contributed by atoms with Crippen molar-refractivity contribution in [1.82, 2.24) is 5.32 Å². The molecule has 0 atom stereocenters. The topological polar surface area (TPSA) is 62.1 Å². The molecule has 0 saturated carbocycles. The number of hydrogen-bond donors (Lipinski definition) is 1. The molecule has 2 heterocycles. The molecule has 0 saturated heterocycles. The van der Waals surface area contributed by atoms with Gasteiger partial charge < -0.3 is 28.7 Å². The van der Waals surface area contributed by atoms with E-state index in [4.69, 9.17) is 23.4 Å². The molecule has 152 valence electrons. The van der Waals surface area contributed by atoms with Gasteiger partial charge in [0.1, 0.15) is 25.6 Å². The molecule has 0 bridgehead atoms. The second-order valence-corrected chi connectivity index (χ2v) is 7.41. The number of methoxy groups -OCH3 is 1. The Morgan fingerprint density at radius 1 is 1.00 bits per heavy atom. The van der Waals surface area contributed by atoms with Gasteiger partial charge in [-0.05, 0) is 63.5 Å². The molecule has 1 N–H and O–H groups in total. The van der Waals surface area contributed by atoms with Crippen LogP contribution in [0.3, 0.4) is 0 Å². The normalized spacial score (nSPS) is 12.6. The zero-order valence-corrected chi connectivity index (χ0v) is 17.7. The lowest BCUT2D eigenvalue weighted by Crippen LogP contribution is -2.15. The summed E-state index contributed by atoms with van der Waals surface area (Å²) in [7, 11) is 1.64. The van der Waals surface area contributed by atoms with E-state index < -0.39 is 0 Å². The summed E-state index contributed by atoms with van der Waals surface area (Å²) in [5.74, 6) is 3.76. The molecular formula is C22H22BrNO5. The Labute approximate surface area is 177 Å². The van der Waals surface area contributed by atoms with Gasteiger partial charge in [0.05, 0.1) is 24.4 Å². The minimum absolute atomic E-state index is 0.391. The highest BCUT2D eigenvalue weighted by Gasteiger charge is 2.15. The van der Waals surface area contributed by atoms with Crippen molar-refractivity contribution in [2.45, 2.75) is 19.7 Å². The van der Waals surface area contributed by atoms with E-state index in [9.17, 15) is 0 Å². The molecule has 1 aliphatic rings. The number of hydrogen-bond acceptors (Lipinski definition) is 6. The van der Waals surface area contributed by atoms with Crippen molar-refractivity contribution in [3.63, 3.8) is 0 Å². The Balaban J connectivity index is 1.41. The van der Waals surface area contributed by atoms with E-state index in [-0.39, 0.29) is 0 Å². The average molecular weight is 460 g/mol. The van der Waals surface area contributed by atoms with Crippen LogP contribution in [-0.2, 0) is 19.7 Å². The lowest BCUT2D eigenvalue weighted by atomic mass is 10.2. The molecule has 29 heavy (non-hydrogen) atoms. The number of rotatable bonds is 8. The van der Waals surface area contributed by atoms with Crippen LogP contribution in [0.2, 0.25) is 0 Å². The van der Waals surface area contributed by atoms with E-state index >= 15 is 0 Å². The van der Waals surface area contributed by atoms with Gasteiger partial charge in [-0.15, -0.1) is 0 Å². The minimum Gasteiger partial charge on any atom is -0.493 e. The Morgan fingerprint density at radius 2 is 1.86 bits per heavy atom. The van der Waals surface area contributed by atoms with Gasteiger partial charge in [-0.1, -0.05) is 6.07 Å². The molecule has 0 spiro atoms. The van der Waals surface area contributed by atoms with Crippen LogP contribution < -0.4 is 24.3 Å². The van der Waals surface area contributed by atoms with Crippen LogP contribution in [0.1, 0.15) is 16.9 Å². The van der Waals surface area contributed by atoms with E-state index in [2.05, 4.69) is 21.2 Å². The quantitative estimate of drug-likeness (QED) is 0.527. The maximum atomic E-state index is 6.05. The number of halogens is 1. The number of furan rings is 1. The molecule has 6 nitrogen and oxygen atoms in total. The summed E-state index contributed by atoms with van der Waals surface area (Å²) in [5.41, 5.74) is 2.07. The number of fused-ring (bicyclic) bond motifs is 1. The smallest absolute Gasteiger partial charge is 0.175 e. The van der Waals surface area contributed by atoms with Crippen molar-refractivity contribution in [1.29, 1.82) is 0 Å². The molecule has 3 aromatic rings. The van der Waals surface area contributed by atoms with Crippen molar-refractivity contribution in [3.05, 3.63) is 70.1 Å². The maximum absolute atomic E-state index is 6.05. The van der Waals surface area contributed by atoms with E-state index in [1.54, 1.807) is 13.4 Å². The first kappa shape index (κ1) is 19.7. The summed E-state index contributed by atoms with van der Waals surface area (Å²) in [6.07, 6.45) is 1.67. The number of nitrogens with one attached hydrogen (secondary N) is 1. The van der Waals surface area contributed by atoms with Crippen molar-refractivity contribution in [2.75, 3.05) is 20.3 Å². The summed E-state index contributed by atoms with van der Waals surface area (Å²) in [4.78, 5) is 0. The summed E-state index contributed by atoms with van der Waals surface area (Å²) in [5, 5.41) is 3.35. The summed E-state index contributed by atoms with van der Waals surface area (Å²) in [6.45, 7) is 2.87. The van der Waals surface area contributed by atoms with Crippen LogP contribution in [-0.4, -0.2) is 20.3 Å². The van der Waals surface area contributed by atoms with Crippen LogP contribution in [0, 0.1) is 0 Å². The zero-order chi connectivity index (χ0) is 20.1. The first-order chi connectivity index (χ1) is 14.2. The maximum Gasteiger partial charge on any atom is 0.175 e. The Bertz CT molecular complexity index is 958. The molecule has 0 unspecified atom stereocenters. The van der Waals surface area contributed by atoms with Crippen molar-refractivity contribution in [2.24, 2.45) is 0 Å². The zero-order valence-electron chi connectivity index (χ0n) is 16.1. The van der Waals surface area contributed by atoms with E-state index in [0.717, 1.165) is 32.9 Å². The van der Waals surface area contributed by atoms with Gasteiger partial charge in [0.2, 0.25) is 0 Å². The van der Waals surface area contributed by atoms with Crippen LogP contribution in [0.5, 0.6) is 23.0 Å². The minimum atomic E-state index is 0.391. The summed E-state index contributed by atoms with van der Waals surface area (Å²) >= 11 is 3.61. The molecule has 4 rings (SSSR count). The summed E-state index contributed by atoms with van der Waals surface area (Å²) in [6, 6.07) is 13.6. The Kier molecular flexibility index (Phi) is 6.27. The van der Waals surface area contributed by atoms with Crippen LogP contribution in [0.15, 0.2) is 57.6 Å². The van der Waals surface area contributed by atoms with Crippen molar-refractivity contribution >= 4 is 15.9 Å². The van der Waals surface area contributed by atoms with Gasteiger partial charge in [0, 0.05) is 6.54 Å². The molecule has 1 aliphatic heterocycles. The van der Waals surface area contributed by atoms with Crippen molar-refractivity contribution < 1.29 is 23.4 Å². The fraction of sp³-hybridized carbons (Fsp3) is 0.273. The first-order valence-corrected chi connectivity index (χ1v) is 10.1. The Hall–Kier alpha value is -2.64. The highest BCUT2D eigenvalue weighted by atomic mass is 79.9. The second kappa shape index (κ2) is 9.24. The third kappa shape index (κ3) is 4.86. The molecule has 0 amide bonds.